The number of ether oxygens (including phenoxy) is 2. The summed E-state index contributed by atoms with van der Waals surface area (Å²) in [6.45, 7) is 12.4. The fraction of sp³-hybridized carbons (Fsp3) is 0.312. The topological polar surface area (TPSA) is 76.1 Å². The molecule has 1 heterocycles. The predicted octanol–water partition coefficient (Wildman–Crippen LogP) is 6.75. The van der Waals surface area contributed by atoms with Crippen LogP contribution in [-0.4, -0.2) is 29.5 Å². The number of aliphatic hydroxyl groups excluding tert-OH is 1. The zero-order valence-corrected chi connectivity index (χ0v) is 22.8. The molecule has 1 aliphatic heterocycles. The summed E-state index contributed by atoms with van der Waals surface area (Å²) in [6.07, 6.45) is -0.0513. The van der Waals surface area contributed by atoms with Crippen molar-refractivity contribution >= 4 is 23.1 Å². The molecule has 1 saturated heterocycles. The number of amides is 1. The zero-order valence-electron chi connectivity index (χ0n) is 22.8. The number of rotatable bonds is 8. The Labute approximate surface area is 224 Å². The number of nitrogens with zero attached hydrogens (tertiary/aromatic N) is 1. The van der Waals surface area contributed by atoms with Gasteiger partial charge in [-0.05, 0) is 86.7 Å². The second-order valence-corrected chi connectivity index (χ2v) is 10.5. The summed E-state index contributed by atoms with van der Waals surface area (Å²) in [5.41, 5.74) is 3.62. The van der Waals surface area contributed by atoms with E-state index in [1.807, 2.05) is 70.2 Å². The standard InChI is InChI=1S/C32H35NO5/c1-19(2)18-37-26-11-8-10-24(17-26)30(34)28-29(23-9-7-12-27(16-23)38-20(3)4)33(32(36)31(28)35)25-14-21(5)13-22(6)15-25/h7-17,19-20,29,34H,18H2,1-6H3/b30-28+. The van der Waals surface area contributed by atoms with Gasteiger partial charge in [0.2, 0.25) is 0 Å². The minimum Gasteiger partial charge on any atom is -0.507 e. The molecule has 0 saturated carbocycles. The molecule has 0 bridgehead atoms. The third kappa shape index (κ3) is 5.75. The number of carbonyl (C=O) groups excluding carboxylic acids is 2. The summed E-state index contributed by atoms with van der Waals surface area (Å²) in [5, 5.41) is 11.5. The Morgan fingerprint density at radius 1 is 0.895 bits per heavy atom. The number of carbonyl (C=O) groups is 2. The van der Waals surface area contributed by atoms with E-state index in [0.29, 0.717) is 40.8 Å². The fourth-order valence-corrected chi connectivity index (χ4v) is 4.69. The van der Waals surface area contributed by atoms with Gasteiger partial charge in [-0.15, -0.1) is 0 Å². The van der Waals surface area contributed by atoms with Crippen molar-refractivity contribution in [2.45, 2.75) is 53.7 Å². The normalized spacial score (nSPS) is 16.9. The molecule has 6 heteroatoms. The van der Waals surface area contributed by atoms with Crippen LogP contribution in [0.1, 0.15) is 56.0 Å². The summed E-state index contributed by atoms with van der Waals surface area (Å²) < 4.78 is 11.7. The quantitative estimate of drug-likeness (QED) is 0.205. The lowest BCUT2D eigenvalue weighted by molar-refractivity contribution is -0.132. The largest absolute Gasteiger partial charge is 0.507 e. The van der Waals surface area contributed by atoms with E-state index in [0.717, 1.165) is 11.1 Å². The molecule has 3 aromatic rings. The molecule has 6 nitrogen and oxygen atoms in total. The monoisotopic (exact) mass is 513 g/mol. The number of benzene rings is 3. The lowest BCUT2D eigenvalue weighted by atomic mass is 9.94. The molecule has 198 valence electrons. The van der Waals surface area contributed by atoms with Crippen LogP contribution in [0.5, 0.6) is 11.5 Å². The van der Waals surface area contributed by atoms with Crippen molar-refractivity contribution in [3.63, 3.8) is 0 Å². The number of hydrogen-bond acceptors (Lipinski definition) is 5. The van der Waals surface area contributed by atoms with E-state index in [9.17, 15) is 14.7 Å². The van der Waals surface area contributed by atoms with Gasteiger partial charge in [-0.1, -0.05) is 44.2 Å². The van der Waals surface area contributed by atoms with E-state index in [1.54, 1.807) is 24.3 Å². The Morgan fingerprint density at radius 3 is 2.21 bits per heavy atom. The van der Waals surface area contributed by atoms with Crippen molar-refractivity contribution in [2.75, 3.05) is 11.5 Å². The van der Waals surface area contributed by atoms with Gasteiger partial charge in [-0.25, -0.2) is 0 Å². The Balaban J connectivity index is 1.90. The van der Waals surface area contributed by atoms with Crippen LogP contribution >= 0.6 is 0 Å². The maximum atomic E-state index is 13.5. The first-order valence-electron chi connectivity index (χ1n) is 12.9. The van der Waals surface area contributed by atoms with Gasteiger partial charge in [-0.3, -0.25) is 14.5 Å². The number of Topliss-reactive ketones (excluding diaryl/α,β-unsaturated/α-hetero) is 1. The van der Waals surface area contributed by atoms with Crippen LogP contribution < -0.4 is 14.4 Å². The maximum absolute atomic E-state index is 13.5. The van der Waals surface area contributed by atoms with Crippen molar-refractivity contribution in [3.8, 4) is 11.5 Å². The smallest absolute Gasteiger partial charge is 0.300 e. The van der Waals surface area contributed by atoms with Gasteiger partial charge in [-0.2, -0.15) is 0 Å². The van der Waals surface area contributed by atoms with E-state index in [2.05, 4.69) is 13.8 Å². The van der Waals surface area contributed by atoms with Gasteiger partial charge >= 0.3 is 0 Å². The second-order valence-electron chi connectivity index (χ2n) is 10.5. The highest BCUT2D eigenvalue weighted by Gasteiger charge is 2.47. The first-order valence-corrected chi connectivity index (χ1v) is 12.9. The molecule has 1 unspecified atom stereocenters. The summed E-state index contributed by atoms with van der Waals surface area (Å²) in [6, 6.07) is 19.2. The molecule has 1 atom stereocenters. The molecule has 1 aliphatic rings. The Hall–Kier alpha value is -4.06. The molecule has 0 radical (unpaired) electrons. The van der Waals surface area contributed by atoms with E-state index in [-0.39, 0.29) is 17.4 Å². The molecular weight excluding hydrogens is 478 g/mol. The van der Waals surface area contributed by atoms with Crippen LogP contribution in [0.25, 0.3) is 5.76 Å². The number of aryl methyl sites for hydroxylation is 2. The van der Waals surface area contributed by atoms with Gasteiger partial charge in [0.25, 0.3) is 11.7 Å². The van der Waals surface area contributed by atoms with Crippen molar-refractivity contribution in [1.82, 2.24) is 0 Å². The molecule has 0 spiro atoms. The van der Waals surface area contributed by atoms with Crippen molar-refractivity contribution in [2.24, 2.45) is 5.92 Å². The first kappa shape index (κ1) is 27.0. The molecule has 0 aliphatic carbocycles. The van der Waals surface area contributed by atoms with Crippen molar-refractivity contribution in [3.05, 3.63) is 94.6 Å². The molecular formula is C32H35NO5. The predicted molar refractivity (Wildman–Crippen MR) is 150 cm³/mol. The molecule has 1 fully saturated rings. The van der Waals surface area contributed by atoms with Gasteiger partial charge in [0.05, 0.1) is 24.3 Å². The van der Waals surface area contributed by atoms with Gasteiger partial charge in [0, 0.05) is 11.3 Å². The molecule has 38 heavy (non-hydrogen) atoms. The molecule has 1 N–H and O–H groups in total. The average molecular weight is 514 g/mol. The highest BCUT2D eigenvalue weighted by atomic mass is 16.5. The summed E-state index contributed by atoms with van der Waals surface area (Å²) in [5.74, 6) is -0.150. The summed E-state index contributed by atoms with van der Waals surface area (Å²) >= 11 is 0. The SMILES string of the molecule is Cc1cc(C)cc(N2C(=O)C(=O)/C(=C(/O)c3cccc(OCC(C)C)c3)C2c2cccc(OC(C)C)c2)c1. The molecule has 1 amide bonds. The maximum Gasteiger partial charge on any atom is 0.300 e. The highest BCUT2D eigenvalue weighted by molar-refractivity contribution is 6.51. The average Bonchev–Trinajstić information content (AvgIpc) is 3.12. The number of aliphatic hydroxyl groups is 1. The van der Waals surface area contributed by atoms with Crippen molar-refractivity contribution < 1.29 is 24.2 Å². The Kier molecular flexibility index (Phi) is 7.91. The first-order chi connectivity index (χ1) is 18.0. The summed E-state index contributed by atoms with van der Waals surface area (Å²) in [7, 11) is 0. The lowest BCUT2D eigenvalue weighted by Crippen LogP contribution is -2.29. The van der Waals surface area contributed by atoms with Crippen LogP contribution in [0, 0.1) is 19.8 Å². The van der Waals surface area contributed by atoms with E-state index in [1.165, 1.54) is 4.90 Å². The van der Waals surface area contributed by atoms with Crippen LogP contribution in [0.4, 0.5) is 5.69 Å². The number of hydrogen-bond donors (Lipinski definition) is 1. The third-order valence-corrected chi connectivity index (χ3v) is 6.17. The summed E-state index contributed by atoms with van der Waals surface area (Å²) in [4.78, 5) is 28.6. The number of ketones is 1. The van der Waals surface area contributed by atoms with Crippen LogP contribution in [0.3, 0.4) is 0 Å². The fourth-order valence-electron chi connectivity index (χ4n) is 4.69. The van der Waals surface area contributed by atoms with E-state index in [4.69, 9.17) is 9.47 Å². The van der Waals surface area contributed by atoms with Gasteiger partial charge in [0.15, 0.2) is 0 Å². The zero-order chi connectivity index (χ0) is 27.6. The second kappa shape index (κ2) is 11.1. The van der Waals surface area contributed by atoms with Crippen molar-refractivity contribution in [1.29, 1.82) is 0 Å². The Morgan fingerprint density at radius 2 is 1.55 bits per heavy atom. The van der Waals surface area contributed by atoms with E-state index < -0.39 is 17.7 Å². The highest BCUT2D eigenvalue weighted by Crippen LogP contribution is 2.43. The molecule has 0 aromatic heterocycles. The van der Waals surface area contributed by atoms with Gasteiger partial charge in [0.1, 0.15) is 17.3 Å². The Bertz CT molecular complexity index is 1370. The molecule has 3 aromatic carbocycles. The van der Waals surface area contributed by atoms with Gasteiger partial charge < -0.3 is 14.6 Å². The number of anilines is 1. The van der Waals surface area contributed by atoms with Crippen LogP contribution in [0.15, 0.2) is 72.3 Å². The van der Waals surface area contributed by atoms with E-state index >= 15 is 0 Å². The van der Waals surface area contributed by atoms with Crippen LogP contribution in [0.2, 0.25) is 0 Å². The van der Waals surface area contributed by atoms with Crippen LogP contribution in [-0.2, 0) is 9.59 Å². The minimum absolute atomic E-state index is 0.0249. The third-order valence-electron chi connectivity index (χ3n) is 6.17. The lowest BCUT2D eigenvalue weighted by Gasteiger charge is -2.26. The molecule has 4 rings (SSSR count). The minimum atomic E-state index is -0.841.